The fourth-order valence-electron chi connectivity index (χ4n) is 4.93. The molecule has 3 aliphatic heterocycles. The summed E-state index contributed by atoms with van der Waals surface area (Å²) in [5.74, 6) is 1.16. The van der Waals surface area contributed by atoms with Gasteiger partial charge in [-0.1, -0.05) is 0 Å². The molecule has 0 saturated carbocycles. The van der Waals surface area contributed by atoms with Crippen LogP contribution in [0.2, 0.25) is 0 Å². The van der Waals surface area contributed by atoms with Crippen LogP contribution < -0.4 is 25.2 Å². The number of aromatic nitrogens is 2. The lowest BCUT2D eigenvalue weighted by molar-refractivity contribution is 0.136. The average Bonchev–Trinajstić information content (AvgIpc) is 3.42. The van der Waals surface area contributed by atoms with Crippen LogP contribution in [0.4, 0.5) is 15.0 Å². The van der Waals surface area contributed by atoms with Crippen molar-refractivity contribution in [2.45, 2.75) is 25.0 Å². The Morgan fingerprint density at radius 3 is 2.79 bits per heavy atom. The van der Waals surface area contributed by atoms with Crippen LogP contribution in [0, 0.1) is 5.82 Å². The number of nitrogens with zero attached hydrogens (tertiary/aromatic N) is 3. The summed E-state index contributed by atoms with van der Waals surface area (Å²) in [6, 6.07) is 8.12. The van der Waals surface area contributed by atoms with Crippen molar-refractivity contribution in [1.29, 1.82) is 0 Å². The first-order valence-corrected chi connectivity index (χ1v) is 11.3. The van der Waals surface area contributed by atoms with Crippen LogP contribution in [-0.4, -0.2) is 54.6 Å². The second-order valence-corrected chi connectivity index (χ2v) is 8.67. The summed E-state index contributed by atoms with van der Waals surface area (Å²) in [6.07, 6.45) is 1.41. The second-order valence-electron chi connectivity index (χ2n) is 8.67. The summed E-state index contributed by atoms with van der Waals surface area (Å²) in [7, 11) is 0. The molecular weight excluding hydrogens is 443 g/mol. The van der Waals surface area contributed by atoms with Crippen molar-refractivity contribution < 1.29 is 23.4 Å². The zero-order valence-corrected chi connectivity index (χ0v) is 18.3. The summed E-state index contributed by atoms with van der Waals surface area (Å²) < 4.78 is 32.8. The van der Waals surface area contributed by atoms with Crippen LogP contribution in [0.3, 0.4) is 0 Å². The smallest absolute Gasteiger partial charge is 0.415 e. The molecule has 0 radical (unpaired) electrons. The van der Waals surface area contributed by atoms with Crippen LogP contribution >= 0.6 is 0 Å². The third-order valence-electron chi connectivity index (χ3n) is 6.55. The van der Waals surface area contributed by atoms with E-state index in [1.807, 2.05) is 0 Å². The van der Waals surface area contributed by atoms with Gasteiger partial charge in [0.15, 0.2) is 11.5 Å². The molecule has 2 atom stereocenters. The number of pyridine rings is 2. The molecule has 176 valence electrons. The molecule has 3 aliphatic rings. The zero-order valence-electron chi connectivity index (χ0n) is 18.3. The summed E-state index contributed by atoms with van der Waals surface area (Å²) >= 11 is 0. The van der Waals surface area contributed by atoms with Gasteiger partial charge in [0.25, 0.3) is 5.56 Å². The van der Waals surface area contributed by atoms with Crippen LogP contribution in [0.15, 0.2) is 41.3 Å². The molecule has 0 aliphatic carbocycles. The molecule has 10 heteroatoms. The van der Waals surface area contributed by atoms with E-state index >= 15 is 0 Å². The molecule has 2 unspecified atom stereocenters. The predicted molar refractivity (Wildman–Crippen MR) is 121 cm³/mol. The quantitative estimate of drug-likeness (QED) is 0.558. The Morgan fingerprint density at radius 1 is 1.09 bits per heavy atom. The Bertz CT molecular complexity index is 1340. The summed E-state index contributed by atoms with van der Waals surface area (Å²) in [5, 5.41) is 4.21. The number of nitrogens with one attached hydrogen (secondary N) is 1. The first-order chi connectivity index (χ1) is 16.6. The van der Waals surface area contributed by atoms with Gasteiger partial charge in [0, 0.05) is 36.7 Å². The highest BCUT2D eigenvalue weighted by Gasteiger charge is 2.34. The number of anilines is 1. The molecule has 5 heterocycles. The molecule has 1 saturated heterocycles. The molecule has 0 spiro atoms. The number of cyclic esters (lactones) is 1. The van der Waals surface area contributed by atoms with Crippen molar-refractivity contribution in [2.24, 2.45) is 0 Å². The summed E-state index contributed by atoms with van der Waals surface area (Å²) in [4.78, 5) is 30.4. The van der Waals surface area contributed by atoms with Crippen molar-refractivity contribution in [2.75, 3.05) is 37.7 Å². The van der Waals surface area contributed by atoms with E-state index < -0.39 is 6.09 Å². The SMILES string of the molecule is O=C1OC(CCNCC2Cn3c(=O)ccc4ccc(F)c2c43)CN1c1cc2c(cn1)OCCO2. The van der Waals surface area contributed by atoms with Gasteiger partial charge in [0.2, 0.25) is 0 Å². The molecule has 1 N–H and O–H groups in total. The molecule has 0 bridgehead atoms. The highest BCUT2D eigenvalue weighted by atomic mass is 19.1. The number of rotatable bonds is 6. The normalized spacial score (nSPS) is 20.7. The van der Waals surface area contributed by atoms with Gasteiger partial charge >= 0.3 is 6.09 Å². The lowest BCUT2D eigenvalue weighted by Gasteiger charge is -2.20. The van der Waals surface area contributed by atoms with Gasteiger partial charge in [-0.2, -0.15) is 0 Å². The minimum Gasteiger partial charge on any atom is -0.486 e. The Hall–Kier alpha value is -3.66. The predicted octanol–water partition coefficient (Wildman–Crippen LogP) is 2.41. The third kappa shape index (κ3) is 3.54. The van der Waals surface area contributed by atoms with Crippen LogP contribution in [0.25, 0.3) is 10.9 Å². The topological polar surface area (TPSA) is 94.9 Å². The van der Waals surface area contributed by atoms with Crippen molar-refractivity contribution >= 4 is 22.8 Å². The number of halogens is 1. The molecule has 2 aromatic heterocycles. The number of ether oxygens (including phenoxy) is 3. The highest BCUT2D eigenvalue weighted by molar-refractivity contribution is 5.89. The summed E-state index contributed by atoms with van der Waals surface area (Å²) in [6.45, 7) is 2.85. The number of amides is 1. The lowest BCUT2D eigenvalue weighted by atomic mass is 9.99. The fourth-order valence-corrected chi connectivity index (χ4v) is 4.93. The van der Waals surface area contributed by atoms with E-state index in [1.165, 1.54) is 17.0 Å². The third-order valence-corrected chi connectivity index (χ3v) is 6.55. The van der Waals surface area contributed by atoms with E-state index in [0.29, 0.717) is 74.2 Å². The Labute approximate surface area is 194 Å². The van der Waals surface area contributed by atoms with Crippen molar-refractivity contribution in [3.8, 4) is 11.5 Å². The number of carbonyl (C=O) groups excluding carboxylic acids is 1. The molecular formula is C24H23FN4O5. The zero-order chi connectivity index (χ0) is 23.2. The van der Waals surface area contributed by atoms with E-state index in [1.54, 1.807) is 29.0 Å². The van der Waals surface area contributed by atoms with Gasteiger partial charge < -0.3 is 24.1 Å². The summed E-state index contributed by atoms with van der Waals surface area (Å²) in [5.41, 5.74) is 1.16. The van der Waals surface area contributed by atoms with E-state index in [2.05, 4.69) is 10.3 Å². The highest BCUT2D eigenvalue weighted by Crippen LogP contribution is 2.35. The van der Waals surface area contributed by atoms with E-state index in [9.17, 15) is 14.0 Å². The molecule has 9 nitrogen and oxygen atoms in total. The standard InChI is InChI=1S/C24H23FN4O5/c25-17-3-1-14-2-4-21(30)29-12-15(22(17)23(14)29)10-26-6-5-16-13-28(24(31)34-16)20-9-18-19(11-27-20)33-8-7-32-18/h1-4,9,11,15-16,26H,5-8,10,12-13H2. The molecule has 1 fully saturated rings. The molecule has 3 aromatic rings. The Balaban J connectivity index is 1.06. The van der Waals surface area contributed by atoms with Crippen LogP contribution in [0.5, 0.6) is 11.5 Å². The molecule has 6 rings (SSSR count). The number of benzene rings is 1. The minimum absolute atomic E-state index is 0.118. The first kappa shape index (κ1) is 20.9. The van der Waals surface area contributed by atoms with Gasteiger partial charge in [0.1, 0.15) is 31.0 Å². The number of hydrogen-bond acceptors (Lipinski definition) is 7. The maximum absolute atomic E-state index is 14.6. The van der Waals surface area contributed by atoms with Gasteiger partial charge in [-0.3, -0.25) is 9.69 Å². The van der Waals surface area contributed by atoms with Gasteiger partial charge in [0.05, 0.1) is 18.3 Å². The van der Waals surface area contributed by atoms with Crippen molar-refractivity contribution in [3.63, 3.8) is 0 Å². The first-order valence-electron chi connectivity index (χ1n) is 11.3. The van der Waals surface area contributed by atoms with Crippen LogP contribution in [0.1, 0.15) is 17.9 Å². The van der Waals surface area contributed by atoms with Crippen LogP contribution in [-0.2, 0) is 11.3 Å². The average molecular weight is 466 g/mol. The van der Waals surface area contributed by atoms with Gasteiger partial charge in [-0.25, -0.2) is 14.2 Å². The number of fused-ring (bicyclic) bond motifs is 1. The molecule has 1 aromatic carbocycles. The van der Waals surface area contributed by atoms with Gasteiger partial charge in [-0.15, -0.1) is 0 Å². The maximum atomic E-state index is 14.6. The molecule has 1 amide bonds. The second kappa shape index (κ2) is 8.28. The maximum Gasteiger partial charge on any atom is 0.415 e. The lowest BCUT2D eigenvalue weighted by Crippen LogP contribution is -2.29. The fraction of sp³-hybridized carbons (Fsp3) is 0.375. The van der Waals surface area contributed by atoms with E-state index in [0.717, 1.165) is 5.39 Å². The minimum atomic E-state index is -0.450. The Kier molecular flexibility index (Phi) is 5.09. The number of hydrogen-bond donors (Lipinski definition) is 1. The van der Waals surface area contributed by atoms with Crippen molar-refractivity contribution in [1.82, 2.24) is 14.9 Å². The number of carbonyl (C=O) groups is 1. The molecule has 34 heavy (non-hydrogen) atoms. The monoisotopic (exact) mass is 466 g/mol. The van der Waals surface area contributed by atoms with E-state index in [-0.39, 0.29) is 23.4 Å². The van der Waals surface area contributed by atoms with Gasteiger partial charge in [-0.05, 0) is 36.6 Å². The van der Waals surface area contributed by atoms with E-state index in [4.69, 9.17) is 14.2 Å². The largest absolute Gasteiger partial charge is 0.486 e. The van der Waals surface area contributed by atoms with Crippen molar-refractivity contribution in [3.05, 3.63) is 58.3 Å². The Morgan fingerprint density at radius 2 is 1.91 bits per heavy atom.